The van der Waals surface area contributed by atoms with Gasteiger partial charge in [0.05, 0.1) is 5.69 Å². The first-order valence-corrected chi connectivity index (χ1v) is 4.44. The van der Waals surface area contributed by atoms with Crippen LogP contribution in [-0.2, 0) is 9.59 Å². The Morgan fingerprint density at radius 2 is 1.80 bits per heavy atom. The lowest BCUT2D eigenvalue weighted by Crippen LogP contribution is -2.28. The maximum Gasteiger partial charge on any atom is 0.234 e. The molecule has 1 N–H and O–H groups in total. The van der Waals surface area contributed by atoms with Crippen LogP contribution in [0.2, 0.25) is 0 Å². The molecule has 15 heavy (non-hydrogen) atoms. The molecular formula is C10H8FNO3. The summed E-state index contributed by atoms with van der Waals surface area (Å²) in [5.41, 5.74) is 0.165. The van der Waals surface area contributed by atoms with E-state index in [2.05, 4.69) is 0 Å². The lowest BCUT2D eigenvalue weighted by atomic mass is 10.2. The minimum Gasteiger partial charge on any atom is -0.505 e. The van der Waals surface area contributed by atoms with Gasteiger partial charge in [-0.25, -0.2) is 4.39 Å². The number of benzene rings is 1. The topological polar surface area (TPSA) is 57.6 Å². The summed E-state index contributed by atoms with van der Waals surface area (Å²) in [6.45, 7) is 0. The minimum atomic E-state index is -0.847. The highest BCUT2D eigenvalue weighted by molar-refractivity contribution is 6.19. The SMILES string of the molecule is O=C1CCC(=O)N1c1ccc(O)c(F)c1. The van der Waals surface area contributed by atoms with Gasteiger partial charge in [-0.05, 0) is 12.1 Å². The van der Waals surface area contributed by atoms with Gasteiger partial charge >= 0.3 is 0 Å². The van der Waals surface area contributed by atoms with E-state index in [-0.39, 0.29) is 30.3 Å². The second-order valence-electron chi connectivity index (χ2n) is 3.26. The van der Waals surface area contributed by atoms with Crippen LogP contribution in [0.5, 0.6) is 5.75 Å². The number of aromatic hydroxyl groups is 1. The van der Waals surface area contributed by atoms with Crippen LogP contribution in [0, 0.1) is 5.82 Å². The van der Waals surface area contributed by atoms with Gasteiger partial charge in [-0.2, -0.15) is 0 Å². The van der Waals surface area contributed by atoms with Crippen LogP contribution in [0.1, 0.15) is 12.8 Å². The van der Waals surface area contributed by atoms with Crippen LogP contribution in [0.4, 0.5) is 10.1 Å². The number of nitrogens with zero attached hydrogens (tertiary/aromatic N) is 1. The van der Waals surface area contributed by atoms with E-state index in [0.717, 1.165) is 17.0 Å². The third kappa shape index (κ3) is 1.56. The monoisotopic (exact) mass is 209 g/mol. The van der Waals surface area contributed by atoms with Crippen LogP contribution in [0.15, 0.2) is 18.2 Å². The minimum absolute atomic E-state index is 0.154. The second kappa shape index (κ2) is 3.34. The van der Waals surface area contributed by atoms with Crippen molar-refractivity contribution in [2.45, 2.75) is 12.8 Å². The molecule has 0 aliphatic carbocycles. The Morgan fingerprint density at radius 3 is 2.33 bits per heavy atom. The fourth-order valence-corrected chi connectivity index (χ4v) is 1.50. The van der Waals surface area contributed by atoms with Crippen LogP contribution in [0.3, 0.4) is 0 Å². The quantitative estimate of drug-likeness (QED) is 0.706. The van der Waals surface area contributed by atoms with E-state index in [4.69, 9.17) is 5.11 Å². The number of hydrogen-bond donors (Lipinski definition) is 1. The summed E-state index contributed by atoms with van der Waals surface area (Å²) in [6.07, 6.45) is 0.308. The molecule has 1 aromatic rings. The number of amides is 2. The molecule has 0 atom stereocenters. The molecule has 2 amide bonds. The number of carbonyl (C=O) groups excluding carboxylic acids is 2. The number of carbonyl (C=O) groups is 2. The first kappa shape index (κ1) is 9.64. The Morgan fingerprint density at radius 1 is 1.20 bits per heavy atom. The van der Waals surface area contributed by atoms with Crippen LogP contribution < -0.4 is 4.90 Å². The first-order valence-electron chi connectivity index (χ1n) is 4.44. The van der Waals surface area contributed by atoms with Crippen molar-refractivity contribution in [1.82, 2.24) is 0 Å². The van der Waals surface area contributed by atoms with Gasteiger partial charge in [0.2, 0.25) is 11.8 Å². The van der Waals surface area contributed by atoms with Crippen molar-refractivity contribution in [1.29, 1.82) is 0 Å². The van der Waals surface area contributed by atoms with Gasteiger partial charge < -0.3 is 5.11 Å². The fourth-order valence-electron chi connectivity index (χ4n) is 1.50. The summed E-state index contributed by atoms with van der Waals surface area (Å²) in [5.74, 6) is -2.03. The van der Waals surface area contributed by atoms with Gasteiger partial charge in [0, 0.05) is 18.9 Å². The second-order valence-corrected chi connectivity index (χ2v) is 3.26. The third-order valence-electron chi connectivity index (χ3n) is 2.24. The molecule has 0 unspecified atom stereocenters. The van der Waals surface area contributed by atoms with E-state index in [1.54, 1.807) is 0 Å². The van der Waals surface area contributed by atoms with Gasteiger partial charge in [0.1, 0.15) is 0 Å². The van der Waals surface area contributed by atoms with Crippen LogP contribution >= 0.6 is 0 Å². The van der Waals surface area contributed by atoms with Crippen molar-refractivity contribution in [2.75, 3.05) is 4.90 Å². The lowest BCUT2D eigenvalue weighted by Gasteiger charge is -2.13. The Balaban J connectivity index is 2.41. The molecule has 1 heterocycles. The number of rotatable bonds is 1. The predicted molar refractivity (Wildman–Crippen MR) is 49.8 cm³/mol. The smallest absolute Gasteiger partial charge is 0.234 e. The highest BCUT2D eigenvalue weighted by Gasteiger charge is 2.30. The Bertz CT molecular complexity index is 428. The molecule has 0 aromatic heterocycles. The molecular weight excluding hydrogens is 201 g/mol. The van der Waals surface area contributed by atoms with Crippen molar-refractivity contribution in [3.8, 4) is 5.75 Å². The molecule has 0 spiro atoms. The number of phenols is 1. The van der Waals surface area contributed by atoms with Crippen LogP contribution in [-0.4, -0.2) is 16.9 Å². The molecule has 0 radical (unpaired) electrons. The Hall–Kier alpha value is -1.91. The molecule has 1 fully saturated rings. The number of imide groups is 1. The van der Waals surface area contributed by atoms with Gasteiger partial charge in [-0.1, -0.05) is 0 Å². The molecule has 1 aliphatic heterocycles. The molecule has 4 nitrogen and oxygen atoms in total. The highest BCUT2D eigenvalue weighted by Crippen LogP contribution is 2.26. The zero-order valence-electron chi connectivity index (χ0n) is 7.74. The zero-order chi connectivity index (χ0) is 11.0. The summed E-state index contributed by atoms with van der Waals surface area (Å²) in [6, 6.07) is 3.42. The van der Waals surface area contributed by atoms with Gasteiger partial charge in [-0.3, -0.25) is 14.5 Å². The number of halogens is 1. The molecule has 1 aromatic carbocycles. The Kier molecular flexibility index (Phi) is 2.15. The van der Waals surface area contributed by atoms with Crippen molar-refractivity contribution in [3.63, 3.8) is 0 Å². The fraction of sp³-hybridized carbons (Fsp3) is 0.200. The van der Waals surface area contributed by atoms with Gasteiger partial charge in [-0.15, -0.1) is 0 Å². The van der Waals surface area contributed by atoms with Crippen molar-refractivity contribution >= 4 is 17.5 Å². The predicted octanol–water partition coefficient (Wildman–Crippen LogP) is 1.18. The normalized spacial score (nSPS) is 16.2. The van der Waals surface area contributed by atoms with E-state index < -0.39 is 11.6 Å². The molecule has 0 bridgehead atoms. The average Bonchev–Trinajstić information content (AvgIpc) is 2.52. The summed E-state index contributed by atoms with van der Waals surface area (Å²) in [7, 11) is 0. The van der Waals surface area contributed by atoms with Gasteiger partial charge in [0.25, 0.3) is 0 Å². The van der Waals surface area contributed by atoms with Crippen LogP contribution in [0.25, 0.3) is 0 Å². The number of anilines is 1. The zero-order valence-corrected chi connectivity index (χ0v) is 7.74. The van der Waals surface area contributed by atoms with Crippen molar-refractivity contribution in [3.05, 3.63) is 24.0 Å². The average molecular weight is 209 g/mol. The summed E-state index contributed by atoms with van der Waals surface area (Å²) >= 11 is 0. The number of hydrogen-bond acceptors (Lipinski definition) is 3. The number of phenolic OH excluding ortho intramolecular Hbond substituents is 1. The lowest BCUT2D eigenvalue weighted by molar-refractivity contribution is -0.121. The van der Waals surface area contributed by atoms with E-state index in [1.807, 2.05) is 0 Å². The maximum atomic E-state index is 13.0. The highest BCUT2D eigenvalue weighted by atomic mass is 19.1. The molecule has 78 valence electrons. The first-order chi connectivity index (χ1) is 7.09. The molecule has 0 saturated carbocycles. The van der Waals surface area contributed by atoms with Crippen molar-refractivity contribution in [2.24, 2.45) is 0 Å². The third-order valence-corrected chi connectivity index (χ3v) is 2.24. The molecule has 1 saturated heterocycles. The molecule has 1 aliphatic rings. The largest absolute Gasteiger partial charge is 0.505 e. The summed E-state index contributed by atoms with van der Waals surface area (Å²) in [4.78, 5) is 23.5. The summed E-state index contributed by atoms with van der Waals surface area (Å²) in [5, 5.41) is 8.95. The van der Waals surface area contributed by atoms with E-state index in [9.17, 15) is 14.0 Å². The van der Waals surface area contributed by atoms with Gasteiger partial charge in [0.15, 0.2) is 11.6 Å². The summed E-state index contributed by atoms with van der Waals surface area (Å²) < 4.78 is 13.0. The van der Waals surface area contributed by atoms with Crippen molar-refractivity contribution < 1.29 is 19.1 Å². The van der Waals surface area contributed by atoms with E-state index in [1.165, 1.54) is 6.07 Å². The molecule has 5 heteroatoms. The van der Waals surface area contributed by atoms with E-state index in [0.29, 0.717) is 0 Å². The standard InChI is InChI=1S/C10H8FNO3/c11-7-5-6(1-2-8(7)13)12-9(14)3-4-10(12)15/h1-2,5,13H,3-4H2. The maximum absolute atomic E-state index is 13.0. The van der Waals surface area contributed by atoms with E-state index >= 15 is 0 Å². The molecule has 2 rings (SSSR count). The Labute approximate surface area is 84.9 Å².